The Labute approximate surface area is 165 Å². The van der Waals surface area contributed by atoms with Gasteiger partial charge < -0.3 is 4.90 Å². The number of thioether (sulfide) groups is 1. The summed E-state index contributed by atoms with van der Waals surface area (Å²) in [4.78, 5) is 19.1. The van der Waals surface area contributed by atoms with E-state index in [1.54, 1.807) is 0 Å². The molecule has 0 bridgehead atoms. The molecule has 3 fully saturated rings. The van der Waals surface area contributed by atoms with Gasteiger partial charge in [0.1, 0.15) is 0 Å². The number of hydrogen-bond acceptors (Lipinski definition) is 4. The van der Waals surface area contributed by atoms with Gasteiger partial charge in [0, 0.05) is 18.2 Å². The van der Waals surface area contributed by atoms with E-state index in [1.807, 2.05) is 35.2 Å². The Morgan fingerprint density at radius 1 is 1.11 bits per heavy atom. The number of carbonyl (C=O) groups excluding carboxylic acids is 1. The lowest BCUT2D eigenvalue weighted by Gasteiger charge is -2.25. The third-order valence-corrected chi connectivity index (χ3v) is 9.03. The monoisotopic (exact) mass is 406 g/mol. The van der Waals surface area contributed by atoms with Crippen LogP contribution < -0.4 is 0 Å². The van der Waals surface area contributed by atoms with Crippen LogP contribution in [0.5, 0.6) is 0 Å². The van der Waals surface area contributed by atoms with Crippen molar-refractivity contribution in [2.45, 2.75) is 56.4 Å². The largest absolute Gasteiger partial charge is 0.342 e. The van der Waals surface area contributed by atoms with Crippen molar-refractivity contribution >= 4 is 32.7 Å². The molecule has 4 rings (SSSR count). The number of rotatable bonds is 4. The predicted octanol–water partition coefficient (Wildman–Crippen LogP) is 3.25. The number of nitrogens with zero attached hydrogens (tertiary/aromatic N) is 2. The number of sulfone groups is 1. The van der Waals surface area contributed by atoms with Crippen LogP contribution in [0.4, 0.5) is 0 Å². The van der Waals surface area contributed by atoms with Crippen molar-refractivity contribution < 1.29 is 13.2 Å². The van der Waals surface area contributed by atoms with Crippen molar-refractivity contribution in [3.63, 3.8) is 0 Å². The minimum Gasteiger partial charge on any atom is -0.342 e. The highest BCUT2D eigenvalue weighted by molar-refractivity contribution is 8.15. The zero-order valence-electron chi connectivity index (χ0n) is 15.4. The molecule has 5 nitrogen and oxygen atoms in total. The van der Waals surface area contributed by atoms with E-state index in [4.69, 9.17) is 0 Å². The number of amides is 1. The van der Waals surface area contributed by atoms with E-state index in [2.05, 4.69) is 4.99 Å². The Morgan fingerprint density at radius 2 is 1.85 bits per heavy atom. The first-order valence-corrected chi connectivity index (χ1v) is 12.5. The highest BCUT2D eigenvalue weighted by atomic mass is 32.2. The maximum Gasteiger partial charge on any atom is 0.248 e. The lowest BCUT2D eigenvalue weighted by atomic mass is 9.87. The van der Waals surface area contributed by atoms with Gasteiger partial charge in [-0.1, -0.05) is 61.4 Å². The fourth-order valence-electron chi connectivity index (χ4n) is 4.39. The van der Waals surface area contributed by atoms with Crippen molar-refractivity contribution in [3.05, 3.63) is 35.9 Å². The van der Waals surface area contributed by atoms with E-state index in [9.17, 15) is 13.2 Å². The first-order chi connectivity index (χ1) is 13.0. The molecular formula is C20H26N2O3S2. The lowest BCUT2D eigenvalue weighted by molar-refractivity contribution is -0.118. The van der Waals surface area contributed by atoms with Crippen molar-refractivity contribution in [1.29, 1.82) is 0 Å². The first-order valence-electron chi connectivity index (χ1n) is 9.79. The van der Waals surface area contributed by atoms with Gasteiger partial charge in [0.15, 0.2) is 15.0 Å². The number of benzene rings is 1. The van der Waals surface area contributed by atoms with E-state index in [1.165, 1.54) is 31.0 Å². The molecule has 0 radical (unpaired) electrons. The van der Waals surface area contributed by atoms with Gasteiger partial charge in [-0.3, -0.25) is 4.79 Å². The molecule has 0 N–H and O–H groups in total. The molecule has 2 saturated heterocycles. The number of carbonyl (C=O) groups is 1. The Bertz CT molecular complexity index is 817. The smallest absolute Gasteiger partial charge is 0.248 e. The minimum absolute atomic E-state index is 0.0139. The van der Waals surface area contributed by atoms with Gasteiger partial charge in [0.05, 0.1) is 17.5 Å². The number of aliphatic imine (C=N–C) groups is 1. The summed E-state index contributed by atoms with van der Waals surface area (Å²) in [7, 11) is -3.01. The average Bonchev–Trinajstić information content (AvgIpc) is 3.09. The zero-order valence-corrected chi connectivity index (χ0v) is 17.1. The minimum atomic E-state index is -3.01. The molecule has 0 unspecified atom stereocenters. The average molecular weight is 407 g/mol. The Balaban J connectivity index is 1.52. The molecule has 1 aliphatic carbocycles. The molecule has 7 heteroatoms. The highest BCUT2D eigenvalue weighted by Crippen LogP contribution is 2.39. The van der Waals surface area contributed by atoms with Crippen molar-refractivity contribution in [1.82, 2.24) is 4.90 Å². The van der Waals surface area contributed by atoms with Crippen LogP contribution in [0.3, 0.4) is 0 Å². The van der Waals surface area contributed by atoms with Crippen LogP contribution in [-0.2, 0) is 21.2 Å². The summed E-state index contributed by atoms with van der Waals surface area (Å²) in [5.41, 5.74) is 1.11. The van der Waals surface area contributed by atoms with Gasteiger partial charge in [-0.2, -0.15) is 4.99 Å². The summed E-state index contributed by atoms with van der Waals surface area (Å²) >= 11 is 1.48. The van der Waals surface area contributed by atoms with E-state index in [0.29, 0.717) is 24.1 Å². The third-order valence-electron chi connectivity index (χ3n) is 5.78. The maximum absolute atomic E-state index is 12.6. The highest BCUT2D eigenvalue weighted by Gasteiger charge is 2.48. The van der Waals surface area contributed by atoms with Crippen LogP contribution in [0.25, 0.3) is 0 Å². The van der Waals surface area contributed by atoms with Crippen molar-refractivity contribution in [2.24, 2.45) is 10.9 Å². The maximum atomic E-state index is 12.6. The molecule has 0 spiro atoms. The molecule has 146 valence electrons. The Morgan fingerprint density at radius 3 is 2.59 bits per heavy atom. The van der Waals surface area contributed by atoms with Gasteiger partial charge in [-0.25, -0.2) is 8.42 Å². The first kappa shape index (κ1) is 19.0. The summed E-state index contributed by atoms with van der Waals surface area (Å²) < 4.78 is 24.2. The number of fused-ring (bicyclic) bond motifs is 1. The van der Waals surface area contributed by atoms with Crippen LogP contribution in [0.15, 0.2) is 35.3 Å². The second kappa shape index (κ2) is 7.95. The van der Waals surface area contributed by atoms with Gasteiger partial charge in [-0.15, -0.1) is 0 Å². The summed E-state index contributed by atoms with van der Waals surface area (Å²) in [6, 6.07) is 9.90. The Hall–Kier alpha value is -1.34. The van der Waals surface area contributed by atoms with Crippen LogP contribution in [-0.4, -0.2) is 47.2 Å². The summed E-state index contributed by atoms with van der Waals surface area (Å²) in [5, 5.41) is 0.699. The summed E-state index contributed by atoms with van der Waals surface area (Å²) in [5.74, 6) is 0.756. The van der Waals surface area contributed by atoms with Crippen LogP contribution in [0.2, 0.25) is 0 Å². The lowest BCUT2D eigenvalue weighted by Crippen LogP contribution is -2.37. The molecule has 1 aromatic carbocycles. The van der Waals surface area contributed by atoms with E-state index < -0.39 is 9.84 Å². The predicted molar refractivity (Wildman–Crippen MR) is 109 cm³/mol. The molecule has 3 aliphatic rings. The Kier molecular flexibility index (Phi) is 5.60. The fourth-order valence-corrected chi connectivity index (χ4v) is 8.36. The van der Waals surface area contributed by atoms with Crippen molar-refractivity contribution in [2.75, 3.05) is 11.5 Å². The van der Waals surface area contributed by atoms with Gasteiger partial charge in [0.25, 0.3) is 0 Å². The molecule has 2 aliphatic heterocycles. The molecule has 0 aromatic heterocycles. The fraction of sp³-hybridized carbons (Fsp3) is 0.600. The number of hydrogen-bond donors (Lipinski definition) is 0. The molecule has 2 heterocycles. The topological polar surface area (TPSA) is 66.8 Å². The molecular weight excluding hydrogens is 380 g/mol. The molecule has 1 saturated carbocycles. The molecule has 1 aromatic rings. The van der Waals surface area contributed by atoms with E-state index in [0.717, 1.165) is 18.4 Å². The van der Waals surface area contributed by atoms with Gasteiger partial charge in [-0.05, 0) is 24.3 Å². The van der Waals surface area contributed by atoms with Gasteiger partial charge >= 0.3 is 0 Å². The molecule has 27 heavy (non-hydrogen) atoms. The molecule has 1 amide bonds. The number of amidine groups is 1. The second-order valence-corrected chi connectivity index (χ2v) is 11.3. The SMILES string of the molecule is O=C(CC1CCCCC1)N=C1S[C@@H]2CS(=O)(=O)C[C@H]2N1Cc1ccccc1. The molecule has 2 atom stereocenters. The van der Waals surface area contributed by atoms with Crippen LogP contribution in [0, 0.1) is 5.92 Å². The normalized spacial score (nSPS) is 29.2. The summed E-state index contributed by atoms with van der Waals surface area (Å²) in [6.45, 7) is 0.597. The van der Waals surface area contributed by atoms with E-state index in [-0.39, 0.29) is 28.7 Å². The zero-order chi connectivity index (χ0) is 18.9. The third kappa shape index (κ3) is 4.57. The van der Waals surface area contributed by atoms with Crippen molar-refractivity contribution in [3.8, 4) is 0 Å². The van der Waals surface area contributed by atoms with E-state index >= 15 is 0 Å². The van der Waals surface area contributed by atoms with Gasteiger partial charge in [0.2, 0.25) is 5.91 Å². The van der Waals surface area contributed by atoms with Crippen LogP contribution >= 0.6 is 11.8 Å². The standard InChI is InChI=1S/C20H26N2O3S2/c23-19(11-15-7-3-1-4-8-15)21-20-22(12-16-9-5-2-6-10-16)17-13-27(24,25)14-18(17)26-20/h2,5-6,9-10,15,17-18H,1,3-4,7-8,11-14H2/t17-,18-/m1/s1. The summed E-state index contributed by atoms with van der Waals surface area (Å²) in [6.07, 6.45) is 6.48. The van der Waals surface area contributed by atoms with Crippen LogP contribution in [0.1, 0.15) is 44.1 Å². The quantitative estimate of drug-likeness (QED) is 0.768. The second-order valence-electron chi connectivity index (χ2n) is 7.91.